The molecule has 1 atom stereocenters. The largest absolute Gasteiger partial charge is 0.441 e. The van der Waals surface area contributed by atoms with E-state index < -0.39 is 5.92 Å². The van der Waals surface area contributed by atoms with Gasteiger partial charge < -0.3 is 15.1 Å². The van der Waals surface area contributed by atoms with Gasteiger partial charge in [0.15, 0.2) is 11.7 Å². The smallest absolute Gasteiger partial charge is 0.252 e. The number of unbranched alkanes of at least 4 members (excludes halogenated alkanes) is 2. The molecule has 0 aliphatic rings. The van der Waals surface area contributed by atoms with Crippen LogP contribution < -0.4 is 10.6 Å². The highest BCUT2D eigenvalue weighted by Gasteiger charge is 2.20. The molecule has 0 aliphatic heterocycles. The molecule has 0 saturated heterocycles. The summed E-state index contributed by atoms with van der Waals surface area (Å²) < 4.78 is 5.48. The first-order valence-corrected chi connectivity index (χ1v) is 9.94. The Morgan fingerprint density at radius 1 is 1.30 bits per heavy atom. The lowest BCUT2D eigenvalue weighted by Gasteiger charge is -2.19. The number of benzene rings is 1. The van der Waals surface area contributed by atoms with Crippen LogP contribution in [0.4, 0.5) is 0 Å². The predicted octanol–water partition coefficient (Wildman–Crippen LogP) is 2.50. The molecule has 2 aromatic rings. The first-order valence-electron chi connectivity index (χ1n) is 9.94. The lowest BCUT2D eigenvalue weighted by Crippen LogP contribution is -2.43. The summed E-state index contributed by atoms with van der Waals surface area (Å²) in [6.45, 7) is 3.63. The Labute approximate surface area is 175 Å². The summed E-state index contributed by atoms with van der Waals surface area (Å²) in [5.74, 6) is -0.145. The van der Waals surface area contributed by atoms with Crippen LogP contribution in [0.25, 0.3) is 11.3 Å². The number of aryl methyl sites for hydroxylation is 1. The number of hydrogen-bond acceptors (Lipinski definition) is 6. The summed E-state index contributed by atoms with van der Waals surface area (Å²) in [6, 6.07) is 6.89. The minimum absolute atomic E-state index is 0.0693. The third-order valence-electron chi connectivity index (χ3n) is 4.60. The molecule has 9 nitrogen and oxygen atoms in total. The molecule has 0 fully saturated rings. The van der Waals surface area contributed by atoms with Crippen molar-refractivity contribution in [3.63, 3.8) is 0 Å². The average Bonchev–Trinajstić information content (AvgIpc) is 3.19. The number of nitrogens with zero attached hydrogens (tertiary/aromatic N) is 2. The van der Waals surface area contributed by atoms with Gasteiger partial charge in [-0.2, -0.15) is 0 Å². The third kappa shape index (κ3) is 7.00. The van der Waals surface area contributed by atoms with Gasteiger partial charge in [-0.1, -0.05) is 38.3 Å². The first-order chi connectivity index (χ1) is 14.4. The van der Waals surface area contributed by atoms with E-state index in [1.807, 2.05) is 13.0 Å². The van der Waals surface area contributed by atoms with Crippen molar-refractivity contribution in [3.05, 3.63) is 41.9 Å². The van der Waals surface area contributed by atoms with Gasteiger partial charge in [-0.05, 0) is 18.6 Å². The van der Waals surface area contributed by atoms with Crippen LogP contribution in [0.15, 0.2) is 34.9 Å². The van der Waals surface area contributed by atoms with E-state index in [1.165, 1.54) is 0 Å². The molecule has 3 N–H and O–H groups in total. The Morgan fingerprint density at radius 3 is 2.77 bits per heavy atom. The van der Waals surface area contributed by atoms with Crippen molar-refractivity contribution < 1.29 is 24.0 Å². The van der Waals surface area contributed by atoms with E-state index in [9.17, 15) is 19.6 Å². The lowest BCUT2D eigenvalue weighted by atomic mass is 10.0. The third-order valence-corrected chi connectivity index (χ3v) is 4.60. The Hall–Kier alpha value is -3.20. The summed E-state index contributed by atoms with van der Waals surface area (Å²) in [4.78, 5) is 39.5. The number of aromatic nitrogens is 1. The van der Waals surface area contributed by atoms with Gasteiger partial charge in [0.1, 0.15) is 0 Å². The maximum Gasteiger partial charge on any atom is 0.252 e. The maximum absolute atomic E-state index is 12.4. The van der Waals surface area contributed by atoms with Crippen molar-refractivity contribution >= 4 is 18.2 Å². The van der Waals surface area contributed by atoms with Gasteiger partial charge >= 0.3 is 0 Å². The van der Waals surface area contributed by atoms with Gasteiger partial charge in [0, 0.05) is 18.1 Å². The van der Waals surface area contributed by atoms with E-state index in [2.05, 4.69) is 15.6 Å². The Bertz CT molecular complexity index is 851. The van der Waals surface area contributed by atoms with Gasteiger partial charge in [0.05, 0.1) is 25.3 Å². The highest BCUT2D eigenvalue weighted by Crippen LogP contribution is 2.21. The standard InChI is InChI=1S/C21H28N4O5/c1-3-4-5-7-18(12-25(29)14-26)21(28)24-13-23-20(27)17-9-6-8-16(10-17)19-11-22-15(2)30-19/h6,8-11,14,18,29H,3-5,7,12-13H2,1-2H3,(H,23,27)(H,24,28)/t18-/m1/s1. The van der Waals surface area contributed by atoms with Crippen molar-refractivity contribution in [1.82, 2.24) is 20.7 Å². The lowest BCUT2D eigenvalue weighted by molar-refractivity contribution is -0.154. The van der Waals surface area contributed by atoms with Crippen LogP contribution in [0.3, 0.4) is 0 Å². The summed E-state index contributed by atoms with van der Waals surface area (Å²) in [5.41, 5.74) is 1.14. The molecule has 0 aliphatic carbocycles. The summed E-state index contributed by atoms with van der Waals surface area (Å²) in [6.07, 6.45) is 5.15. The van der Waals surface area contributed by atoms with Crippen LogP contribution in [0, 0.1) is 12.8 Å². The van der Waals surface area contributed by atoms with Crippen LogP contribution in [0.2, 0.25) is 0 Å². The van der Waals surface area contributed by atoms with Crippen LogP contribution in [0.1, 0.15) is 48.9 Å². The highest BCUT2D eigenvalue weighted by atomic mass is 16.5. The van der Waals surface area contributed by atoms with Gasteiger partial charge in [0.2, 0.25) is 12.3 Å². The molecule has 1 heterocycles. The zero-order valence-corrected chi connectivity index (χ0v) is 17.3. The van der Waals surface area contributed by atoms with Crippen molar-refractivity contribution in [1.29, 1.82) is 0 Å². The molecule has 0 unspecified atom stereocenters. The Balaban J connectivity index is 1.90. The second-order valence-corrected chi connectivity index (χ2v) is 6.97. The second kappa shape index (κ2) is 11.7. The van der Waals surface area contributed by atoms with Gasteiger partial charge in [-0.25, -0.2) is 10.0 Å². The fourth-order valence-electron chi connectivity index (χ4n) is 2.98. The predicted molar refractivity (Wildman–Crippen MR) is 109 cm³/mol. The topological polar surface area (TPSA) is 125 Å². The summed E-state index contributed by atoms with van der Waals surface area (Å²) in [7, 11) is 0. The number of hydroxylamine groups is 2. The minimum atomic E-state index is -0.554. The number of nitrogens with one attached hydrogen (secondary N) is 2. The zero-order chi connectivity index (χ0) is 21.9. The Kier molecular flexibility index (Phi) is 9.02. The molecular formula is C21H28N4O5. The van der Waals surface area contributed by atoms with E-state index in [-0.39, 0.29) is 31.4 Å². The van der Waals surface area contributed by atoms with Gasteiger partial charge in [-0.15, -0.1) is 0 Å². The Morgan fingerprint density at radius 2 is 2.10 bits per heavy atom. The molecule has 0 spiro atoms. The van der Waals surface area contributed by atoms with E-state index in [4.69, 9.17) is 4.42 Å². The number of carbonyl (C=O) groups excluding carboxylic acids is 3. The van der Waals surface area contributed by atoms with Crippen molar-refractivity contribution in [2.45, 2.75) is 39.5 Å². The number of rotatable bonds is 12. The van der Waals surface area contributed by atoms with Crippen molar-refractivity contribution in [3.8, 4) is 11.3 Å². The van der Waals surface area contributed by atoms with Crippen molar-refractivity contribution in [2.24, 2.45) is 5.92 Å². The summed E-state index contributed by atoms with van der Waals surface area (Å²) >= 11 is 0. The van der Waals surface area contributed by atoms with E-state index in [0.29, 0.717) is 28.7 Å². The van der Waals surface area contributed by atoms with E-state index >= 15 is 0 Å². The highest BCUT2D eigenvalue weighted by molar-refractivity contribution is 5.95. The normalized spacial score (nSPS) is 11.6. The number of oxazole rings is 1. The molecular weight excluding hydrogens is 388 g/mol. The summed E-state index contributed by atoms with van der Waals surface area (Å²) in [5, 5.41) is 15.2. The quantitative estimate of drug-likeness (QED) is 0.161. The number of amides is 3. The molecule has 162 valence electrons. The van der Waals surface area contributed by atoms with Crippen LogP contribution in [0.5, 0.6) is 0 Å². The molecule has 1 aromatic heterocycles. The monoisotopic (exact) mass is 416 g/mol. The molecule has 0 saturated carbocycles. The minimum Gasteiger partial charge on any atom is -0.441 e. The zero-order valence-electron chi connectivity index (χ0n) is 17.3. The van der Waals surface area contributed by atoms with E-state index in [1.54, 1.807) is 31.3 Å². The van der Waals surface area contributed by atoms with Crippen LogP contribution >= 0.6 is 0 Å². The first kappa shape index (κ1) is 23.1. The van der Waals surface area contributed by atoms with E-state index in [0.717, 1.165) is 24.8 Å². The second-order valence-electron chi connectivity index (χ2n) is 6.97. The van der Waals surface area contributed by atoms with Gasteiger partial charge in [0.25, 0.3) is 5.91 Å². The van der Waals surface area contributed by atoms with Crippen molar-refractivity contribution in [2.75, 3.05) is 13.2 Å². The molecule has 1 aromatic carbocycles. The maximum atomic E-state index is 12.4. The van der Waals surface area contributed by atoms with Crippen LogP contribution in [-0.4, -0.2) is 46.7 Å². The molecule has 0 bridgehead atoms. The fraction of sp³-hybridized carbons (Fsp3) is 0.429. The molecule has 2 rings (SSSR count). The average molecular weight is 416 g/mol. The van der Waals surface area contributed by atoms with Crippen LogP contribution in [-0.2, 0) is 9.59 Å². The molecule has 30 heavy (non-hydrogen) atoms. The molecule has 9 heteroatoms. The van der Waals surface area contributed by atoms with Gasteiger partial charge in [-0.3, -0.25) is 19.6 Å². The fourth-order valence-corrected chi connectivity index (χ4v) is 2.98. The number of carbonyl (C=O) groups is 3. The SMILES string of the molecule is CCCCC[C@H](CN(O)C=O)C(=O)NCNC(=O)c1cccc(-c2cnc(C)o2)c1. The molecule has 3 amide bonds. The number of hydrogen-bond donors (Lipinski definition) is 3. The molecule has 0 radical (unpaired) electrons.